The van der Waals surface area contributed by atoms with E-state index >= 15 is 0 Å². The van der Waals surface area contributed by atoms with Gasteiger partial charge in [0.15, 0.2) is 0 Å². The fourth-order valence-electron chi connectivity index (χ4n) is 3.48. The predicted molar refractivity (Wildman–Crippen MR) is 89.6 cm³/mol. The van der Waals surface area contributed by atoms with Gasteiger partial charge in [-0.1, -0.05) is 12.8 Å². The highest BCUT2D eigenvalue weighted by Gasteiger charge is 2.32. The minimum Gasteiger partial charge on any atom is -0.302 e. The van der Waals surface area contributed by atoms with Crippen LogP contribution in [0, 0.1) is 0 Å². The Labute approximate surface area is 137 Å². The Morgan fingerprint density at radius 1 is 1.27 bits per heavy atom. The van der Waals surface area contributed by atoms with Crippen LogP contribution in [0.15, 0.2) is 12.3 Å². The van der Waals surface area contributed by atoms with E-state index in [1.165, 1.54) is 16.4 Å². The maximum absolute atomic E-state index is 12.6. The van der Waals surface area contributed by atoms with Crippen LogP contribution >= 0.6 is 11.5 Å². The van der Waals surface area contributed by atoms with E-state index in [-0.39, 0.29) is 11.3 Å². The molecule has 1 saturated heterocycles. The van der Waals surface area contributed by atoms with Crippen molar-refractivity contribution in [2.45, 2.75) is 56.2 Å². The topological polar surface area (TPSA) is 62.3 Å². The number of nitrogens with zero attached hydrogens (tertiary/aromatic N) is 2. The van der Waals surface area contributed by atoms with Gasteiger partial charge in [-0.05, 0) is 56.2 Å². The summed E-state index contributed by atoms with van der Waals surface area (Å²) in [4.78, 5) is 3.57. The normalized spacial score (nSPS) is 24.8. The molecule has 1 N–H and O–H groups in total. The van der Waals surface area contributed by atoms with Crippen LogP contribution in [-0.4, -0.2) is 48.6 Å². The summed E-state index contributed by atoms with van der Waals surface area (Å²) in [5.74, 6) is 0. The highest BCUT2D eigenvalue weighted by Crippen LogP contribution is 2.22. The molecule has 2 heterocycles. The zero-order chi connectivity index (χ0) is 15.4. The van der Waals surface area contributed by atoms with Crippen LogP contribution in [0.2, 0.25) is 0 Å². The third-order valence-corrected chi connectivity index (χ3v) is 7.48. The van der Waals surface area contributed by atoms with Gasteiger partial charge in [0.1, 0.15) is 0 Å². The van der Waals surface area contributed by atoms with Gasteiger partial charge in [0.25, 0.3) is 0 Å². The average Bonchev–Trinajstić information content (AvgIpc) is 3.18. The lowest BCUT2D eigenvalue weighted by molar-refractivity contribution is 0.232. The molecule has 1 aromatic heterocycles. The number of nitrogens with one attached hydrogen (secondary N) is 1. The average molecular weight is 344 g/mol. The van der Waals surface area contributed by atoms with Crippen LogP contribution in [0.3, 0.4) is 0 Å². The van der Waals surface area contributed by atoms with Gasteiger partial charge in [0.05, 0.1) is 5.25 Å². The first-order chi connectivity index (χ1) is 10.6. The highest BCUT2D eigenvalue weighted by atomic mass is 32.2. The number of likely N-dealkylation sites (tertiary alicyclic amines) is 1. The van der Waals surface area contributed by atoms with E-state index in [9.17, 15) is 8.42 Å². The van der Waals surface area contributed by atoms with Gasteiger partial charge in [-0.15, -0.1) is 0 Å². The molecule has 5 nitrogen and oxygen atoms in total. The second-order valence-electron chi connectivity index (χ2n) is 6.44. The van der Waals surface area contributed by atoms with Gasteiger partial charge in [-0.3, -0.25) is 0 Å². The Kier molecular flexibility index (Phi) is 5.49. The van der Waals surface area contributed by atoms with Crippen molar-refractivity contribution in [1.82, 2.24) is 14.0 Å². The minimum atomic E-state index is -3.17. The van der Waals surface area contributed by atoms with Crippen molar-refractivity contribution in [3.05, 3.63) is 17.1 Å². The van der Waals surface area contributed by atoms with Crippen LogP contribution in [0.25, 0.3) is 0 Å². The molecule has 1 aromatic rings. The molecule has 1 unspecified atom stereocenters. The van der Waals surface area contributed by atoms with E-state index in [1.54, 1.807) is 0 Å². The number of rotatable bonds is 6. The summed E-state index contributed by atoms with van der Waals surface area (Å²) < 4.78 is 32.2. The molecule has 2 aliphatic rings. The van der Waals surface area contributed by atoms with Gasteiger partial charge >= 0.3 is 0 Å². The molecule has 0 radical (unpaired) electrons. The standard InChI is InChI=1S/C15H25N3O2S2/c19-22(20,17-13-4-1-2-5-13)15-6-3-10-18(12-15)11-8-14-7-9-16-21-14/h7,9,13,15,17H,1-6,8,10-12H2. The molecule has 7 heteroatoms. The summed E-state index contributed by atoms with van der Waals surface area (Å²) >= 11 is 1.53. The zero-order valence-electron chi connectivity index (χ0n) is 12.9. The molecule has 2 fully saturated rings. The maximum atomic E-state index is 12.6. The Bertz CT molecular complexity index is 553. The highest BCUT2D eigenvalue weighted by molar-refractivity contribution is 7.90. The fraction of sp³-hybridized carbons (Fsp3) is 0.800. The van der Waals surface area contributed by atoms with Crippen LogP contribution in [0.5, 0.6) is 0 Å². The van der Waals surface area contributed by atoms with Gasteiger partial charge in [0, 0.05) is 30.2 Å². The molecule has 1 aliphatic carbocycles. The van der Waals surface area contributed by atoms with Crippen molar-refractivity contribution in [2.75, 3.05) is 19.6 Å². The quantitative estimate of drug-likeness (QED) is 0.858. The first-order valence-corrected chi connectivity index (χ1v) is 10.6. The maximum Gasteiger partial charge on any atom is 0.215 e. The molecule has 3 rings (SSSR count). The number of aromatic nitrogens is 1. The van der Waals surface area contributed by atoms with Gasteiger partial charge in [-0.2, -0.15) is 0 Å². The van der Waals surface area contributed by atoms with Crippen molar-refractivity contribution in [3.8, 4) is 0 Å². The first-order valence-electron chi connectivity index (χ1n) is 8.26. The summed E-state index contributed by atoms with van der Waals surface area (Å²) in [6.07, 6.45) is 8.86. The smallest absolute Gasteiger partial charge is 0.215 e. The summed E-state index contributed by atoms with van der Waals surface area (Å²) in [6.45, 7) is 2.60. The monoisotopic (exact) mass is 343 g/mol. The number of piperidine rings is 1. The van der Waals surface area contributed by atoms with Gasteiger partial charge in [-0.25, -0.2) is 17.5 Å². The molecule has 22 heavy (non-hydrogen) atoms. The Morgan fingerprint density at radius 2 is 2.09 bits per heavy atom. The third kappa shape index (κ3) is 4.28. The van der Waals surface area contributed by atoms with E-state index in [0.717, 1.165) is 58.0 Å². The van der Waals surface area contributed by atoms with Crippen molar-refractivity contribution in [1.29, 1.82) is 0 Å². The van der Waals surface area contributed by atoms with Crippen LogP contribution in [0.4, 0.5) is 0 Å². The van der Waals surface area contributed by atoms with Crippen LogP contribution in [0.1, 0.15) is 43.4 Å². The van der Waals surface area contributed by atoms with Crippen molar-refractivity contribution in [2.24, 2.45) is 0 Å². The molecule has 1 atom stereocenters. The van der Waals surface area contributed by atoms with E-state index in [0.29, 0.717) is 6.54 Å². The summed E-state index contributed by atoms with van der Waals surface area (Å²) in [6, 6.07) is 2.22. The van der Waals surface area contributed by atoms with E-state index in [1.807, 2.05) is 12.3 Å². The van der Waals surface area contributed by atoms with E-state index in [4.69, 9.17) is 0 Å². The number of hydrogen-bond donors (Lipinski definition) is 1. The Balaban J connectivity index is 1.52. The Morgan fingerprint density at radius 3 is 2.82 bits per heavy atom. The lowest BCUT2D eigenvalue weighted by Crippen LogP contribution is -2.48. The third-order valence-electron chi connectivity index (χ3n) is 4.75. The molecular weight excluding hydrogens is 318 g/mol. The zero-order valence-corrected chi connectivity index (χ0v) is 14.5. The fourth-order valence-corrected chi connectivity index (χ4v) is 5.82. The number of hydrogen-bond acceptors (Lipinski definition) is 5. The molecule has 124 valence electrons. The van der Waals surface area contributed by atoms with Gasteiger partial charge in [0.2, 0.25) is 10.0 Å². The second-order valence-corrected chi connectivity index (χ2v) is 9.35. The Hall–Kier alpha value is -0.500. The first kappa shape index (κ1) is 16.4. The predicted octanol–water partition coefficient (Wildman–Crippen LogP) is 2.01. The summed E-state index contributed by atoms with van der Waals surface area (Å²) in [7, 11) is -3.17. The minimum absolute atomic E-state index is 0.178. The van der Waals surface area contributed by atoms with Crippen LogP contribution in [-0.2, 0) is 16.4 Å². The largest absolute Gasteiger partial charge is 0.302 e. The SMILES string of the molecule is O=S(=O)(NC1CCCC1)C1CCCN(CCc2ccns2)C1. The van der Waals surface area contributed by atoms with Crippen molar-refractivity contribution in [3.63, 3.8) is 0 Å². The van der Waals surface area contributed by atoms with Crippen molar-refractivity contribution >= 4 is 21.6 Å². The van der Waals surface area contributed by atoms with E-state index in [2.05, 4.69) is 14.0 Å². The summed E-state index contributed by atoms with van der Waals surface area (Å²) in [5, 5.41) is -0.247. The second kappa shape index (κ2) is 7.38. The molecule has 0 spiro atoms. The lowest BCUT2D eigenvalue weighted by atomic mass is 10.1. The lowest BCUT2D eigenvalue weighted by Gasteiger charge is -2.32. The molecule has 0 aromatic carbocycles. The molecule has 0 bridgehead atoms. The van der Waals surface area contributed by atoms with Gasteiger partial charge < -0.3 is 4.90 Å². The molecule has 1 saturated carbocycles. The summed E-state index contributed by atoms with van der Waals surface area (Å²) in [5.41, 5.74) is 0. The van der Waals surface area contributed by atoms with Crippen LogP contribution < -0.4 is 4.72 Å². The number of sulfonamides is 1. The van der Waals surface area contributed by atoms with E-state index < -0.39 is 10.0 Å². The molecule has 0 amide bonds. The van der Waals surface area contributed by atoms with Crippen molar-refractivity contribution < 1.29 is 8.42 Å². The molecular formula is C15H25N3O2S2. The molecule has 1 aliphatic heterocycles.